The molecule has 84 valence electrons. The molecule has 0 aromatic heterocycles. The van der Waals surface area contributed by atoms with Gasteiger partial charge in [0.2, 0.25) is 0 Å². The van der Waals surface area contributed by atoms with Crippen LogP contribution in [0, 0.1) is 5.82 Å². The monoisotopic (exact) mass is 222 g/mol. The van der Waals surface area contributed by atoms with Gasteiger partial charge in [0.1, 0.15) is 5.82 Å². The fourth-order valence-corrected chi connectivity index (χ4v) is 1.69. The van der Waals surface area contributed by atoms with Crippen LogP contribution in [0.25, 0.3) is 0 Å². The van der Waals surface area contributed by atoms with E-state index in [1.807, 2.05) is 0 Å². The number of nitrogens with one attached hydrogen (secondary N) is 2. The highest BCUT2D eigenvalue weighted by atomic mass is 19.1. The zero-order valence-corrected chi connectivity index (χ0v) is 8.71. The SMILES string of the molecule is CC1(c2cccc(F)c2)CNC(=O)C(=O)N1. The van der Waals surface area contributed by atoms with E-state index in [1.54, 1.807) is 19.1 Å². The summed E-state index contributed by atoms with van der Waals surface area (Å²) >= 11 is 0. The zero-order valence-electron chi connectivity index (χ0n) is 8.71. The van der Waals surface area contributed by atoms with Crippen LogP contribution in [0.2, 0.25) is 0 Å². The van der Waals surface area contributed by atoms with Crippen molar-refractivity contribution < 1.29 is 14.0 Å². The van der Waals surface area contributed by atoms with Gasteiger partial charge in [-0.2, -0.15) is 0 Å². The Kier molecular flexibility index (Phi) is 2.38. The highest BCUT2D eigenvalue weighted by Gasteiger charge is 2.36. The first kappa shape index (κ1) is 10.6. The van der Waals surface area contributed by atoms with Crippen molar-refractivity contribution in [2.75, 3.05) is 6.54 Å². The van der Waals surface area contributed by atoms with E-state index < -0.39 is 17.4 Å². The van der Waals surface area contributed by atoms with Gasteiger partial charge in [-0.25, -0.2) is 4.39 Å². The maximum Gasteiger partial charge on any atom is 0.310 e. The van der Waals surface area contributed by atoms with Gasteiger partial charge in [-0.05, 0) is 24.6 Å². The van der Waals surface area contributed by atoms with Gasteiger partial charge >= 0.3 is 11.8 Å². The van der Waals surface area contributed by atoms with E-state index in [0.29, 0.717) is 5.56 Å². The van der Waals surface area contributed by atoms with Crippen molar-refractivity contribution >= 4 is 11.8 Å². The Morgan fingerprint density at radius 3 is 2.69 bits per heavy atom. The quantitative estimate of drug-likeness (QED) is 0.671. The standard InChI is InChI=1S/C11H11FN2O2/c1-11(6-13-9(15)10(16)14-11)7-3-2-4-8(12)5-7/h2-5H,6H2,1H3,(H,13,15)(H,14,16). The summed E-state index contributed by atoms with van der Waals surface area (Å²) in [6, 6.07) is 5.95. The Balaban J connectivity index is 2.32. The lowest BCUT2D eigenvalue weighted by Gasteiger charge is -2.34. The zero-order chi connectivity index (χ0) is 11.8. The molecule has 1 unspecified atom stereocenters. The molecule has 1 saturated heterocycles. The Labute approximate surface area is 91.8 Å². The number of benzene rings is 1. The first-order chi connectivity index (χ1) is 7.51. The summed E-state index contributed by atoms with van der Waals surface area (Å²) in [6.07, 6.45) is 0. The minimum Gasteiger partial charge on any atom is -0.345 e. The highest BCUT2D eigenvalue weighted by Crippen LogP contribution is 2.22. The average molecular weight is 222 g/mol. The van der Waals surface area contributed by atoms with Crippen LogP contribution in [-0.2, 0) is 15.1 Å². The molecule has 0 radical (unpaired) electrons. The van der Waals surface area contributed by atoms with Crippen LogP contribution in [0.1, 0.15) is 12.5 Å². The molecule has 2 amide bonds. The number of halogens is 1. The van der Waals surface area contributed by atoms with E-state index in [1.165, 1.54) is 12.1 Å². The molecule has 1 atom stereocenters. The van der Waals surface area contributed by atoms with Gasteiger partial charge < -0.3 is 10.6 Å². The third-order valence-electron chi connectivity index (χ3n) is 2.66. The molecule has 1 aromatic rings. The van der Waals surface area contributed by atoms with Crippen molar-refractivity contribution in [1.82, 2.24) is 10.6 Å². The fraction of sp³-hybridized carbons (Fsp3) is 0.273. The molecule has 0 saturated carbocycles. The predicted molar refractivity (Wildman–Crippen MR) is 54.9 cm³/mol. The van der Waals surface area contributed by atoms with Crippen molar-refractivity contribution in [3.8, 4) is 0 Å². The van der Waals surface area contributed by atoms with Gasteiger partial charge in [0.15, 0.2) is 0 Å². The van der Waals surface area contributed by atoms with Crippen LogP contribution in [0.3, 0.4) is 0 Å². The molecule has 4 nitrogen and oxygen atoms in total. The van der Waals surface area contributed by atoms with Crippen molar-refractivity contribution in [3.63, 3.8) is 0 Å². The first-order valence-corrected chi connectivity index (χ1v) is 4.88. The molecule has 2 N–H and O–H groups in total. The minimum absolute atomic E-state index is 0.251. The normalized spacial score (nSPS) is 24.9. The lowest BCUT2D eigenvalue weighted by Crippen LogP contribution is -2.60. The summed E-state index contributed by atoms with van der Waals surface area (Å²) in [4.78, 5) is 22.2. The van der Waals surface area contributed by atoms with Gasteiger partial charge in [-0.3, -0.25) is 9.59 Å². The van der Waals surface area contributed by atoms with Gasteiger partial charge in [-0.1, -0.05) is 12.1 Å². The minimum atomic E-state index is -0.757. The average Bonchev–Trinajstić information content (AvgIpc) is 2.24. The molecule has 1 aliphatic heterocycles. The number of carbonyl (C=O) groups is 2. The van der Waals surface area contributed by atoms with Gasteiger partial charge in [0.05, 0.1) is 5.54 Å². The summed E-state index contributed by atoms with van der Waals surface area (Å²) in [6.45, 7) is 1.99. The second-order valence-electron chi connectivity index (χ2n) is 3.98. The number of hydrogen-bond donors (Lipinski definition) is 2. The summed E-state index contributed by atoms with van der Waals surface area (Å²) in [5, 5.41) is 5.04. The molecule has 1 heterocycles. The summed E-state index contributed by atoms with van der Waals surface area (Å²) < 4.78 is 13.1. The summed E-state index contributed by atoms with van der Waals surface area (Å²) in [5.41, 5.74) is -0.131. The van der Waals surface area contributed by atoms with E-state index in [4.69, 9.17) is 0 Å². The fourth-order valence-electron chi connectivity index (χ4n) is 1.69. The first-order valence-electron chi connectivity index (χ1n) is 4.88. The molecule has 2 rings (SSSR count). The van der Waals surface area contributed by atoms with E-state index >= 15 is 0 Å². The molecule has 0 bridgehead atoms. The smallest absolute Gasteiger partial charge is 0.310 e. The Morgan fingerprint density at radius 1 is 1.31 bits per heavy atom. The maximum atomic E-state index is 13.1. The lowest BCUT2D eigenvalue weighted by atomic mass is 9.90. The number of rotatable bonds is 1. The number of carbonyl (C=O) groups excluding carboxylic acids is 2. The summed E-state index contributed by atoms with van der Waals surface area (Å²) in [5.74, 6) is -1.73. The largest absolute Gasteiger partial charge is 0.345 e. The van der Waals surface area contributed by atoms with E-state index in [0.717, 1.165) is 0 Å². The van der Waals surface area contributed by atoms with Crippen molar-refractivity contribution in [1.29, 1.82) is 0 Å². The summed E-state index contributed by atoms with van der Waals surface area (Å²) in [7, 11) is 0. The van der Waals surface area contributed by atoms with Gasteiger partial charge in [-0.15, -0.1) is 0 Å². The third-order valence-corrected chi connectivity index (χ3v) is 2.66. The van der Waals surface area contributed by atoms with Crippen molar-refractivity contribution in [2.24, 2.45) is 0 Å². The Bertz CT molecular complexity index is 461. The molecule has 5 heteroatoms. The molecule has 1 fully saturated rings. The van der Waals surface area contributed by atoms with Crippen molar-refractivity contribution in [3.05, 3.63) is 35.6 Å². The molecule has 1 aliphatic rings. The van der Waals surface area contributed by atoms with Gasteiger partial charge in [0, 0.05) is 6.54 Å². The predicted octanol–water partition coefficient (Wildman–Crippen LogP) is 0.287. The second-order valence-corrected chi connectivity index (χ2v) is 3.98. The number of hydrogen-bond acceptors (Lipinski definition) is 2. The molecule has 0 aliphatic carbocycles. The molecule has 1 aromatic carbocycles. The van der Waals surface area contributed by atoms with Crippen LogP contribution < -0.4 is 10.6 Å². The molecule has 16 heavy (non-hydrogen) atoms. The van der Waals surface area contributed by atoms with Crippen LogP contribution in [0.4, 0.5) is 4.39 Å². The Hall–Kier alpha value is -1.91. The van der Waals surface area contributed by atoms with Crippen LogP contribution >= 0.6 is 0 Å². The van der Waals surface area contributed by atoms with Crippen LogP contribution in [0.15, 0.2) is 24.3 Å². The number of piperazine rings is 1. The third kappa shape index (κ3) is 1.76. The highest BCUT2D eigenvalue weighted by molar-refractivity contribution is 6.35. The van der Waals surface area contributed by atoms with Crippen molar-refractivity contribution in [2.45, 2.75) is 12.5 Å². The second kappa shape index (κ2) is 3.59. The maximum absolute atomic E-state index is 13.1. The Morgan fingerprint density at radius 2 is 2.06 bits per heavy atom. The lowest BCUT2D eigenvalue weighted by molar-refractivity contribution is -0.142. The van der Waals surface area contributed by atoms with Gasteiger partial charge in [0.25, 0.3) is 0 Å². The molecular formula is C11H11FN2O2. The van der Waals surface area contributed by atoms with E-state index in [2.05, 4.69) is 10.6 Å². The van der Waals surface area contributed by atoms with E-state index in [9.17, 15) is 14.0 Å². The number of amides is 2. The molecule has 0 spiro atoms. The van der Waals surface area contributed by atoms with E-state index in [-0.39, 0.29) is 12.4 Å². The van der Waals surface area contributed by atoms with Crippen LogP contribution in [-0.4, -0.2) is 18.4 Å². The molecular weight excluding hydrogens is 211 g/mol. The topological polar surface area (TPSA) is 58.2 Å². The van der Waals surface area contributed by atoms with Crippen LogP contribution in [0.5, 0.6) is 0 Å².